The molecule has 0 aliphatic carbocycles. The van der Waals surface area contributed by atoms with Gasteiger partial charge in [-0.05, 0) is 29.5 Å². The smallest absolute Gasteiger partial charge is 0.126 e. The van der Waals surface area contributed by atoms with E-state index in [1.807, 2.05) is 0 Å². The minimum absolute atomic E-state index is 0.131. The monoisotopic (exact) mass is 296 g/mol. The van der Waals surface area contributed by atoms with Crippen LogP contribution in [0.3, 0.4) is 0 Å². The second kappa shape index (κ2) is 4.01. The van der Waals surface area contributed by atoms with Crippen LogP contribution in [0.25, 0.3) is 0 Å². The van der Waals surface area contributed by atoms with E-state index in [2.05, 4.69) is 62.7 Å². The van der Waals surface area contributed by atoms with Gasteiger partial charge in [0.05, 0.1) is 6.61 Å². The highest BCUT2D eigenvalue weighted by Gasteiger charge is 2.34. The second-order valence-corrected chi connectivity index (χ2v) is 7.77. The van der Waals surface area contributed by atoms with Crippen molar-refractivity contribution in [1.29, 1.82) is 0 Å². The van der Waals surface area contributed by atoms with Crippen molar-refractivity contribution in [2.45, 2.75) is 46.5 Å². The van der Waals surface area contributed by atoms with E-state index in [1.54, 1.807) is 0 Å². The molecule has 0 radical (unpaired) electrons. The fourth-order valence-corrected chi connectivity index (χ4v) is 2.86. The second-order valence-electron chi connectivity index (χ2n) is 6.85. The first-order chi connectivity index (χ1) is 7.69. The molecule has 0 unspecified atom stereocenters. The van der Waals surface area contributed by atoms with Crippen LogP contribution in [0.4, 0.5) is 0 Å². The van der Waals surface area contributed by atoms with Crippen molar-refractivity contribution in [2.75, 3.05) is 6.61 Å². The van der Waals surface area contributed by atoms with E-state index in [0.717, 1.165) is 23.2 Å². The van der Waals surface area contributed by atoms with Crippen LogP contribution in [0.15, 0.2) is 16.6 Å². The Kier molecular flexibility index (Phi) is 3.05. The highest BCUT2D eigenvalue weighted by atomic mass is 79.9. The van der Waals surface area contributed by atoms with Gasteiger partial charge in [0.15, 0.2) is 0 Å². The minimum atomic E-state index is 0.131. The Labute approximate surface area is 113 Å². The normalized spacial score (nSPS) is 17.8. The lowest BCUT2D eigenvalue weighted by Gasteiger charge is -2.21. The largest absolute Gasteiger partial charge is 0.492 e. The van der Waals surface area contributed by atoms with Gasteiger partial charge in [0.25, 0.3) is 0 Å². The molecule has 1 aromatic rings. The van der Waals surface area contributed by atoms with E-state index in [-0.39, 0.29) is 10.8 Å². The highest BCUT2D eigenvalue weighted by molar-refractivity contribution is 9.10. The SMILES string of the molecule is CC(C)(C)Cc1cc(Br)cc2c1OCC2(C)C. The molecule has 94 valence electrons. The molecule has 2 rings (SSSR count). The first-order valence-corrected chi connectivity index (χ1v) is 6.94. The molecule has 0 saturated carbocycles. The first kappa shape index (κ1) is 12.9. The molecule has 17 heavy (non-hydrogen) atoms. The van der Waals surface area contributed by atoms with Crippen LogP contribution in [0.2, 0.25) is 0 Å². The van der Waals surface area contributed by atoms with E-state index in [9.17, 15) is 0 Å². The van der Waals surface area contributed by atoms with E-state index in [0.29, 0.717) is 0 Å². The molecule has 1 heterocycles. The molecule has 2 heteroatoms. The predicted octanol–water partition coefficient (Wildman–Crippen LogP) is 4.71. The topological polar surface area (TPSA) is 9.23 Å². The summed E-state index contributed by atoms with van der Waals surface area (Å²) in [5.41, 5.74) is 3.08. The van der Waals surface area contributed by atoms with Crippen molar-refractivity contribution < 1.29 is 4.74 Å². The number of hydrogen-bond acceptors (Lipinski definition) is 1. The number of fused-ring (bicyclic) bond motifs is 1. The van der Waals surface area contributed by atoms with Crippen molar-refractivity contribution in [3.8, 4) is 5.75 Å². The Morgan fingerprint density at radius 3 is 2.53 bits per heavy atom. The van der Waals surface area contributed by atoms with Crippen molar-refractivity contribution in [1.82, 2.24) is 0 Å². The van der Waals surface area contributed by atoms with Crippen LogP contribution in [-0.4, -0.2) is 6.61 Å². The number of ether oxygens (including phenoxy) is 1. The molecule has 0 amide bonds. The molecule has 0 fully saturated rings. The fraction of sp³-hybridized carbons (Fsp3) is 0.600. The van der Waals surface area contributed by atoms with Crippen molar-refractivity contribution in [2.24, 2.45) is 5.41 Å². The molecule has 0 atom stereocenters. The standard InChI is InChI=1S/C15H21BrO/c1-14(2,3)8-10-6-11(16)7-12-13(10)17-9-15(12,4)5/h6-7H,8-9H2,1-5H3. The van der Waals surface area contributed by atoms with Crippen molar-refractivity contribution in [3.05, 3.63) is 27.7 Å². The zero-order valence-corrected chi connectivity index (χ0v) is 12.9. The number of rotatable bonds is 1. The molecular weight excluding hydrogens is 276 g/mol. The summed E-state index contributed by atoms with van der Waals surface area (Å²) in [6, 6.07) is 4.40. The molecule has 1 aliphatic heterocycles. The summed E-state index contributed by atoms with van der Waals surface area (Å²) in [6.45, 7) is 12.1. The summed E-state index contributed by atoms with van der Waals surface area (Å²) >= 11 is 3.62. The van der Waals surface area contributed by atoms with E-state index in [4.69, 9.17) is 4.74 Å². The number of halogens is 1. The third-order valence-electron chi connectivity index (χ3n) is 3.16. The van der Waals surface area contributed by atoms with Gasteiger partial charge in [-0.2, -0.15) is 0 Å². The Morgan fingerprint density at radius 1 is 1.29 bits per heavy atom. The van der Waals surface area contributed by atoms with E-state index in [1.165, 1.54) is 11.1 Å². The lowest BCUT2D eigenvalue weighted by atomic mass is 9.83. The molecule has 0 bridgehead atoms. The zero-order valence-electron chi connectivity index (χ0n) is 11.4. The van der Waals surface area contributed by atoms with Crippen LogP contribution in [0.1, 0.15) is 45.7 Å². The first-order valence-electron chi connectivity index (χ1n) is 6.15. The number of hydrogen-bond donors (Lipinski definition) is 0. The Balaban J connectivity index is 2.49. The van der Waals surface area contributed by atoms with Gasteiger partial charge < -0.3 is 4.74 Å². The summed E-state index contributed by atoms with van der Waals surface area (Å²) in [7, 11) is 0. The van der Waals surface area contributed by atoms with E-state index < -0.39 is 0 Å². The van der Waals surface area contributed by atoms with Gasteiger partial charge in [-0.3, -0.25) is 0 Å². The summed E-state index contributed by atoms with van der Waals surface area (Å²) in [4.78, 5) is 0. The lowest BCUT2D eigenvalue weighted by molar-refractivity contribution is 0.286. The predicted molar refractivity (Wildman–Crippen MR) is 75.8 cm³/mol. The average Bonchev–Trinajstić information content (AvgIpc) is 2.40. The maximum Gasteiger partial charge on any atom is 0.126 e. The maximum absolute atomic E-state index is 5.92. The zero-order chi connectivity index (χ0) is 12.8. The van der Waals surface area contributed by atoms with Gasteiger partial charge in [0.2, 0.25) is 0 Å². The van der Waals surface area contributed by atoms with Crippen LogP contribution < -0.4 is 4.74 Å². The maximum atomic E-state index is 5.92. The third kappa shape index (κ3) is 2.67. The summed E-state index contributed by atoms with van der Waals surface area (Å²) < 4.78 is 7.09. The van der Waals surface area contributed by atoms with Crippen molar-refractivity contribution >= 4 is 15.9 Å². The minimum Gasteiger partial charge on any atom is -0.492 e. The molecular formula is C15H21BrO. The van der Waals surface area contributed by atoms with Gasteiger partial charge in [-0.15, -0.1) is 0 Å². The molecule has 0 saturated heterocycles. The van der Waals surface area contributed by atoms with Crippen LogP contribution >= 0.6 is 15.9 Å². The van der Waals surface area contributed by atoms with E-state index >= 15 is 0 Å². The van der Waals surface area contributed by atoms with Crippen molar-refractivity contribution in [3.63, 3.8) is 0 Å². The Hall–Kier alpha value is -0.500. The van der Waals surface area contributed by atoms with Gasteiger partial charge in [-0.25, -0.2) is 0 Å². The Morgan fingerprint density at radius 2 is 1.94 bits per heavy atom. The molecule has 1 nitrogen and oxygen atoms in total. The molecule has 0 aromatic heterocycles. The third-order valence-corrected chi connectivity index (χ3v) is 3.62. The lowest BCUT2D eigenvalue weighted by Crippen LogP contribution is -2.18. The van der Waals surface area contributed by atoms with Crippen LogP contribution in [-0.2, 0) is 11.8 Å². The molecule has 1 aliphatic rings. The van der Waals surface area contributed by atoms with Crippen LogP contribution in [0.5, 0.6) is 5.75 Å². The average molecular weight is 297 g/mol. The molecule has 1 aromatic carbocycles. The van der Waals surface area contributed by atoms with Gasteiger partial charge >= 0.3 is 0 Å². The molecule has 0 spiro atoms. The van der Waals surface area contributed by atoms with Crippen LogP contribution in [0, 0.1) is 5.41 Å². The Bertz CT molecular complexity index is 441. The van der Waals surface area contributed by atoms with Gasteiger partial charge in [0.1, 0.15) is 5.75 Å². The summed E-state index contributed by atoms with van der Waals surface area (Å²) in [5, 5.41) is 0. The highest BCUT2D eigenvalue weighted by Crippen LogP contribution is 2.43. The quantitative estimate of drug-likeness (QED) is 0.729. The fourth-order valence-electron chi connectivity index (χ4n) is 2.36. The van der Waals surface area contributed by atoms with Gasteiger partial charge in [0, 0.05) is 15.5 Å². The molecule has 0 N–H and O–H groups in total. The number of benzene rings is 1. The summed E-state index contributed by atoms with van der Waals surface area (Å²) in [5.74, 6) is 1.12. The summed E-state index contributed by atoms with van der Waals surface area (Å²) in [6.07, 6.45) is 1.05. The van der Waals surface area contributed by atoms with Gasteiger partial charge in [-0.1, -0.05) is 50.5 Å².